The molecule has 0 unspecified atom stereocenters. The zero-order chi connectivity index (χ0) is 35.0. The molecule has 0 aliphatic heterocycles. The second kappa shape index (κ2) is 17.6. The van der Waals surface area contributed by atoms with E-state index in [4.69, 9.17) is 0 Å². The normalized spacial score (nSPS) is 24.8. The standard InChI is InChI=1S/C26H34.C24H29F/c1-19-3-7-21(8-4-19)23-11-15-25(16-12-23)26-17-13-24(14-18-26)22-9-5-20(2)6-10-22;25-24-17-22(19-9-5-2-6-10-19)15-16-23(24)21-13-11-20(12-14-21)18-7-3-1-4-8-18/h11-22H,3-10H2,1-2H3;11-19H,1-10H2. The van der Waals surface area contributed by atoms with E-state index >= 15 is 0 Å². The molecule has 0 saturated heterocycles. The zero-order valence-corrected chi connectivity index (χ0v) is 31.7. The van der Waals surface area contributed by atoms with Crippen molar-refractivity contribution >= 4 is 0 Å². The highest BCUT2D eigenvalue weighted by Gasteiger charge is 2.22. The number of hydrogen-bond donors (Lipinski definition) is 0. The van der Waals surface area contributed by atoms with Crippen molar-refractivity contribution in [2.24, 2.45) is 11.8 Å². The Balaban J connectivity index is 0.000000159. The lowest BCUT2D eigenvalue weighted by Crippen LogP contribution is -2.10. The van der Waals surface area contributed by atoms with E-state index < -0.39 is 0 Å². The smallest absolute Gasteiger partial charge is 0.131 e. The van der Waals surface area contributed by atoms with E-state index in [1.54, 1.807) is 17.2 Å². The molecule has 4 aliphatic carbocycles. The third-order valence-electron chi connectivity index (χ3n) is 13.5. The monoisotopic (exact) mass is 682 g/mol. The van der Waals surface area contributed by atoms with Gasteiger partial charge < -0.3 is 0 Å². The largest absolute Gasteiger partial charge is 0.206 e. The molecule has 4 aromatic carbocycles. The molecule has 0 amide bonds. The van der Waals surface area contributed by atoms with Gasteiger partial charge in [-0.05, 0) is 132 Å². The summed E-state index contributed by atoms with van der Waals surface area (Å²) >= 11 is 0. The van der Waals surface area contributed by atoms with Crippen LogP contribution < -0.4 is 0 Å². The molecule has 4 saturated carbocycles. The van der Waals surface area contributed by atoms with Crippen molar-refractivity contribution < 1.29 is 4.39 Å². The van der Waals surface area contributed by atoms with Gasteiger partial charge >= 0.3 is 0 Å². The van der Waals surface area contributed by atoms with Gasteiger partial charge in [0.15, 0.2) is 0 Å². The van der Waals surface area contributed by atoms with Crippen molar-refractivity contribution in [3.8, 4) is 22.3 Å². The van der Waals surface area contributed by atoms with Crippen LogP contribution in [-0.2, 0) is 0 Å². The Morgan fingerprint density at radius 2 is 0.686 bits per heavy atom. The van der Waals surface area contributed by atoms with Gasteiger partial charge in [0.1, 0.15) is 5.82 Å². The molecule has 0 N–H and O–H groups in total. The average molecular weight is 683 g/mol. The Morgan fingerprint density at radius 3 is 1.08 bits per heavy atom. The minimum atomic E-state index is -0.0616. The predicted octanol–water partition coefficient (Wildman–Crippen LogP) is 15.5. The average Bonchev–Trinajstić information content (AvgIpc) is 3.20. The van der Waals surface area contributed by atoms with Crippen LogP contribution in [0.3, 0.4) is 0 Å². The molecule has 0 atom stereocenters. The maximum atomic E-state index is 14.7. The number of hydrogen-bond acceptors (Lipinski definition) is 0. The SMILES string of the molecule is CC1CCC(c2ccc(-c3ccc(C4CCC(C)CC4)cc3)cc2)CC1.Fc1cc(C2CCCCC2)ccc1-c1ccc(C2CCCCC2)cc1. The van der Waals surface area contributed by atoms with Crippen LogP contribution in [-0.4, -0.2) is 0 Å². The Labute approximate surface area is 309 Å². The van der Waals surface area contributed by atoms with Crippen LogP contribution in [0.1, 0.15) is 175 Å². The summed E-state index contributed by atoms with van der Waals surface area (Å²) in [6, 6.07) is 33.5. The van der Waals surface area contributed by atoms with E-state index in [2.05, 4.69) is 92.7 Å². The summed E-state index contributed by atoms with van der Waals surface area (Å²) in [6.07, 6.45) is 24.1. The van der Waals surface area contributed by atoms with Crippen LogP contribution in [0.2, 0.25) is 0 Å². The van der Waals surface area contributed by atoms with Crippen LogP contribution in [0.5, 0.6) is 0 Å². The first-order valence-corrected chi connectivity index (χ1v) is 21.1. The summed E-state index contributed by atoms with van der Waals surface area (Å²) in [5, 5.41) is 0. The third-order valence-corrected chi connectivity index (χ3v) is 13.5. The maximum Gasteiger partial charge on any atom is 0.131 e. The Morgan fingerprint density at radius 1 is 0.353 bits per heavy atom. The first-order chi connectivity index (χ1) is 25.0. The molecule has 0 aromatic heterocycles. The van der Waals surface area contributed by atoms with Gasteiger partial charge in [0, 0.05) is 5.56 Å². The fourth-order valence-corrected chi connectivity index (χ4v) is 9.91. The van der Waals surface area contributed by atoms with Crippen molar-refractivity contribution in [3.63, 3.8) is 0 Å². The molecule has 0 bridgehead atoms. The summed E-state index contributed by atoms with van der Waals surface area (Å²) in [7, 11) is 0. The Bertz CT molecular complexity index is 1560. The lowest BCUT2D eigenvalue weighted by atomic mass is 9.79. The lowest BCUT2D eigenvalue weighted by Gasteiger charge is -2.27. The molecule has 270 valence electrons. The van der Waals surface area contributed by atoms with Crippen LogP contribution in [0, 0.1) is 17.7 Å². The second-order valence-electron chi connectivity index (χ2n) is 17.2. The van der Waals surface area contributed by atoms with Gasteiger partial charge in [-0.1, -0.05) is 163 Å². The van der Waals surface area contributed by atoms with E-state index in [-0.39, 0.29) is 5.82 Å². The van der Waals surface area contributed by atoms with E-state index in [9.17, 15) is 4.39 Å². The molecule has 0 spiro atoms. The molecular formula is C50H63F. The minimum absolute atomic E-state index is 0.0616. The molecule has 0 heterocycles. The van der Waals surface area contributed by atoms with Crippen LogP contribution in [0.15, 0.2) is 91.0 Å². The summed E-state index contributed by atoms with van der Waals surface area (Å²) < 4.78 is 14.7. The quantitative estimate of drug-likeness (QED) is 0.190. The zero-order valence-electron chi connectivity index (χ0n) is 31.7. The molecule has 4 aromatic rings. The maximum absolute atomic E-state index is 14.7. The van der Waals surface area contributed by atoms with Crippen LogP contribution >= 0.6 is 0 Å². The molecule has 1 heteroatoms. The molecule has 0 radical (unpaired) electrons. The Hall–Kier alpha value is -3.19. The first-order valence-electron chi connectivity index (χ1n) is 21.1. The molecule has 4 fully saturated rings. The highest BCUT2D eigenvalue weighted by molar-refractivity contribution is 5.65. The van der Waals surface area contributed by atoms with Gasteiger partial charge in [-0.3, -0.25) is 0 Å². The highest BCUT2D eigenvalue weighted by atomic mass is 19.1. The van der Waals surface area contributed by atoms with E-state index in [0.717, 1.165) is 34.8 Å². The number of halogens is 1. The van der Waals surface area contributed by atoms with Gasteiger partial charge in [0.2, 0.25) is 0 Å². The first kappa shape index (κ1) is 36.2. The van der Waals surface area contributed by atoms with Gasteiger partial charge in [0.25, 0.3) is 0 Å². The molecule has 0 nitrogen and oxygen atoms in total. The molecular weight excluding hydrogens is 620 g/mol. The fourth-order valence-electron chi connectivity index (χ4n) is 9.91. The van der Waals surface area contributed by atoms with Gasteiger partial charge in [-0.2, -0.15) is 0 Å². The molecule has 51 heavy (non-hydrogen) atoms. The fraction of sp³-hybridized carbons (Fsp3) is 0.520. The van der Waals surface area contributed by atoms with E-state index in [0.29, 0.717) is 11.8 Å². The number of benzene rings is 4. The third kappa shape index (κ3) is 9.43. The summed E-state index contributed by atoms with van der Waals surface area (Å²) in [5.74, 6) is 4.64. The van der Waals surface area contributed by atoms with Gasteiger partial charge in [-0.15, -0.1) is 0 Å². The van der Waals surface area contributed by atoms with Crippen molar-refractivity contribution in [2.45, 2.75) is 153 Å². The van der Waals surface area contributed by atoms with Crippen molar-refractivity contribution in [3.05, 3.63) is 119 Å². The molecule has 8 rings (SSSR count). The lowest BCUT2D eigenvalue weighted by molar-refractivity contribution is 0.348. The molecule has 4 aliphatic rings. The van der Waals surface area contributed by atoms with E-state index in [1.165, 1.54) is 138 Å². The highest BCUT2D eigenvalue weighted by Crippen LogP contribution is 2.39. The minimum Gasteiger partial charge on any atom is -0.206 e. The summed E-state index contributed by atoms with van der Waals surface area (Å²) in [4.78, 5) is 0. The van der Waals surface area contributed by atoms with Gasteiger partial charge in [0.05, 0.1) is 0 Å². The van der Waals surface area contributed by atoms with Crippen molar-refractivity contribution in [1.29, 1.82) is 0 Å². The van der Waals surface area contributed by atoms with Crippen LogP contribution in [0.25, 0.3) is 22.3 Å². The van der Waals surface area contributed by atoms with Crippen LogP contribution in [0.4, 0.5) is 4.39 Å². The second-order valence-corrected chi connectivity index (χ2v) is 17.2. The Kier molecular flexibility index (Phi) is 12.5. The van der Waals surface area contributed by atoms with Crippen molar-refractivity contribution in [2.75, 3.05) is 0 Å². The summed E-state index contributed by atoms with van der Waals surface area (Å²) in [5.41, 5.74) is 10.2. The van der Waals surface area contributed by atoms with E-state index in [1.807, 2.05) is 6.07 Å². The topological polar surface area (TPSA) is 0 Å². The van der Waals surface area contributed by atoms with Crippen molar-refractivity contribution in [1.82, 2.24) is 0 Å². The summed E-state index contributed by atoms with van der Waals surface area (Å²) in [6.45, 7) is 4.80. The van der Waals surface area contributed by atoms with Gasteiger partial charge in [-0.25, -0.2) is 4.39 Å². The number of rotatable bonds is 6. The predicted molar refractivity (Wildman–Crippen MR) is 216 cm³/mol.